The zero-order valence-corrected chi connectivity index (χ0v) is 20.2. The summed E-state index contributed by atoms with van der Waals surface area (Å²) < 4.78 is 1.43. The van der Waals surface area contributed by atoms with Crippen molar-refractivity contribution >= 4 is 16.9 Å². The smallest absolute Gasteiger partial charge is 0.329 e. The van der Waals surface area contributed by atoms with Crippen LogP contribution >= 0.6 is 0 Å². The van der Waals surface area contributed by atoms with Gasteiger partial charge in [0.2, 0.25) is 0 Å². The van der Waals surface area contributed by atoms with Crippen molar-refractivity contribution in [2.45, 2.75) is 90.1 Å². The summed E-state index contributed by atoms with van der Waals surface area (Å²) in [4.78, 5) is 48.3. The molecule has 1 amide bonds. The number of piperidine rings is 1. The standard InChI is InChI=1S/C25H37N5O3/c1-4-30-21-20(23(32)28-24(30)33)18(15-19(27-21)17(2)3)22(31)26-16-25(11-7-5-8-12-25)29-13-9-6-10-14-29/h15,17H,4-14,16H2,1-3H3,(H,26,31)(H,28,32,33). The van der Waals surface area contributed by atoms with Crippen LogP contribution in [0.25, 0.3) is 11.0 Å². The summed E-state index contributed by atoms with van der Waals surface area (Å²) in [5, 5.41) is 3.38. The topological polar surface area (TPSA) is 100 Å². The van der Waals surface area contributed by atoms with Crippen molar-refractivity contribution in [2.75, 3.05) is 19.6 Å². The minimum Gasteiger partial charge on any atom is -0.350 e. The number of rotatable bonds is 6. The van der Waals surface area contributed by atoms with Crippen LogP contribution in [-0.2, 0) is 6.54 Å². The minimum atomic E-state index is -0.559. The van der Waals surface area contributed by atoms with E-state index < -0.39 is 11.2 Å². The van der Waals surface area contributed by atoms with Gasteiger partial charge in [0, 0.05) is 24.3 Å². The van der Waals surface area contributed by atoms with E-state index in [1.165, 1.54) is 43.1 Å². The van der Waals surface area contributed by atoms with E-state index in [1.807, 2.05) is 20.8 Å². The quantitative estimate of drug-likeness (QED) is 0.697. The average molecular weight is 456 g/mol. The third-order valence-electron chi connectivity index (χ3n) is 7.51. The van der Waals surface area contributed by atoms with Crippen molar-refractivity contribution in [1.29, 1.82) is 0 Å². The lowest BCUT2D eigenvalue weighted by Crippen LogP contribution is -2.58. The highest BCUT2D eigenvalue weighted by molar-refractivity contribution is 6.05. The first-order valence-corrected chi connectivity index (χ1v) is 12.6. The van der Waals surface area contributed by atoms with Crippen molar-refractivity contribution in [2.24, 2.45) is 0 Å². The lowest BCUT2D eigenvalue weighted by Gasteiger charge is -2.48. The molecule has 3 heterocycles. The van der Waals surface area contributed by atoms with E-state index in [0.29, 0.717) is 24.3 Å². The number of pyridine rings is 1. The molecule has 0 atom stereocenters. The van der Waals surface area contributed by atoms with E-state index >= 15 is 0 Å². The first-order valence-electron chi connectivity index (χ1n) is 12.6. The molecule has 2 aliphatic rings. The molecule has 2 N–H and O–H groups in total. The molecule has 2 fully saturated rings. The number of carbonyl (C=O) groups excluding carboxylic acids is 1. The van der Waals surface area contributed by atoms with Crippen LogP contribution in [0.15, 0.2) is 15.7 Å². The Bertz CT molecular complexity index is 1120. The number of amides is 1. The number of carbonyl (C=O) groups is 1. The molecule has 0 radical (unpaired) electrons. The van der Waals surface area contributed by atoms with Crippen molar-refractivity contribution in [3.63, 3.8) is 0 Å². The lowest BCUT2D eigenvalue weighted by atomic mass is 9.79. The molecular weight excluding hydrogens is 418 g/mol. The van der Waals surface area contributed by atoms with E-state index in [0.717, 1.165) is 25.9 Å². The number of likely N-dealkylation sites (tertiary alicyclic amines) is 1. The molecule has 1 saturated carbocycles. The fraction of sp³-hybridized carbons (Fsp3) is 0.680. The average Bonchev–Trinajstić information content (AvgIpc) is 2.83. The van der Waals surface area contributed by atoms with Crippen LogP contribution in [0.1, 0.15) is 94.1 Å². The van der Waals surface area contributed by atoms with Crippen LogP contribution in [0.4, 0.5) is 0 Å². The van der Waals surface area contributed by atoms with Crippen LogP contribution in [0, 0.1) is 0 Å². The van der Waals surface area contributed by atoms with Gasteiger partial charge in [0.15, 0.2) is 5.65 Å². The fourth-order valence-corrected chi connectivity index (χ4v) is 5.58. The molecule has 2 aromatic heterocycles. The highest BCUT2D eigenvalue weighted by Crippen LogP contribution is 2.35. The van der Waals surface area contributed by atoms with Gasteiger partial charge < -0.3 is 5.32 Å². The SMILES string of the molecule is CCn1c(=O)[nH]c(=O)c2c(C(=O)NCC3(N4CCCCC4)CCCCC3)cc(C(C)C)nc21. The molecule has 2 aromatic rings. The number of aryl methyl sites for hydroxylation is 1. The fourth-order valence-electron chi connectivity index (χ4n) is 5.58. The van der Waals surface area contributed by atoms with Gasteiger partial charge in [-0.15, -0.1) is 0 Å². The third kappa shape index (κ3) is 4.63. The molecule has 4 rings (SSSR count). The van der Waals surface area contributed by atoms with E-state index in [-0.39, 0.29) is 28.4 Å². The maximum atomic E-state index is 13.5. The Morgan fingerprint density at radius 2 is 1.79 bits per heavy atom. The Kier molecular flexibility index (Phi) is 7.02. The number of hydrogen-bond acceptors (Lipinski definition) is 5. The highest BCUT2D eigenvalue weighted by atomic mass is 16.2. The molecule has 0 spiro atoms. The Balaban J connectivity index is 1.71. The number of nitrogens with one attached hydrogen (secondary N) is 2. The molecule has 33 heavy (non-hydrogen) atoms. The second kappa shape index (κ2) is 9.79. The van der Waals surface area contributed by atoms with E-state index in [9.17, 15) is 14.4 Å². The van der Waals surface area contributed by atoms with Crippen LogP contribution in [0.2, 0.25) is 0 Å². The molecule has 8 nitrogen and oxygen atoms in total. The normalized spacial score (nSPS) is 19.2. The number of H-pyrrole nitrogens is 1. The van der Waals surface area contributed by atoms with Gasteiger partial charge in [-0.25, -0.2) is 9.78 Å². The molecule has 1 aliphatic heterocycles. The number of aromatic amines is 1. The number of nitrogens with zero attached hydrogens (tertiary/aromatic N) is 3. The summed E-state index contributed by atoms with van der Waals surface area (Å²) in [6, 6.07) is 1.72. The Hall–Kier alpha value is -2.48. The highest BCUT2D eigenvalue weighted by Gasteiger charge is 2.38. The molecule has 0 aromatic carbocycles. The first kappa shape index (κ1) is 23.7. The molecule has 1 saturated heterocycles. The summed E-state index contributed by atoms with van der Waals surface area (Å²) in [6.45, 7) is 8.93. The van der Waals surface area contributed by atoms with Crippen molar-refractivity contribution in [1.82, 2.24) is 24.8 Å². The second-order valence-electron chi connectivity index (χ2n) is 9.97. The van der Waals surface area contributed by atoms with E-state index in [2.05, 4.69) is 20.2 Å². The largest absolute Gasteiger partial charge is 0.350 e. The monoisotopic (exact) mass is 455 g/mol. The minimum absolute atomic E-state index is 0.00399. The van der Waals surface area contributed by atoms with Gasteiger partial charge in [-0.05, 0) is 57.7 Å². The predicted octanol–water partition coefficient (Wildman–Crippen LogP) is 3.15. The van der Waals surface area contributed by atoms with Crippen molar-refractivity contribution in [3.8, 4) is 0 Å². The second-order valence-corrected chi connectivity index (χ2v) is 9.97. The van der Waals surface area contributed by atoms with Crippen molar-refractivity contribution < 1.29 is 4.79 Å². The Labute approximate surface area is 194 Å². The molecule has 1 aliphatic carbocycles. The van der Waals surface area contributed by atoms with Gasteiger partial charge >= 0.3 is 5.69 Å². The predicted molar refractivity (Wildman–Crippen MR) is 130 cm³/mol. The summed E-state index contributed by atoms with van der Waals surface area (Å²) in [7, 11) is 0. The number of fused-ring (bicyclic) bond motifs is 1. The Morgan fingerprint density at radius 3 is 2.42 bits per heavy atom. The third-order valence-corrected chi connectivity index (χ3v) is 7.51. The molecule has 180 valence electrons. The summed E-state index contributed by atoms with van der Waals surface area (Å²) in [5.74, 6) is -0.211. The van der Waals surface area contributed by atoms with Gasteiger partial charge in [-0.3, -0.25) is 24.0 Å². The maximum Gasteiger partial charge on any atom is 0.329 e. The number of aromatic nitrogens is 3. The molecular formula is C25H37N5O3. The summed E-state index contributed by atoms with van der Waals surface area (Å²) in [5.41, 5.74) is 0.221. The number of hydrogen-bond donors (Lipinski definition) is 2. The summed E-state index contributed by atoms with van der Waals surface area (Å²) >= 11 is 0. The van der Waals surface area contributed by atoms with Crippen molar-refractivity contribution in [3.05, 3.63) is 38.2 Å². The zero-order valence-electron chi connectivity index (χ0n) is 20.2. The first-order chi connectivity index (χ1) is 15.9. The van der Waals surface area contributed by atoms with Crippen LogP contribution in [0.3, 0.4) is 0 Å². The van der Waals surface area contributed by atoms with Gasteiger partial charge in [0.1, 0.15) is 0 Å². The maximum absolute atomic E-state index is 13.5. The van der Waals surface area contributed by atoms with Crippen LogP contribution in [0.5, 0.6) is 0 Å². The van der Waals surface area contributed by atoms with E-state index in [4.69, 9.17) is 0 Å². The molecule has 0 bridgehead atoms. The Morgan fingerprint density at radius 1 is 1.12 bits per heavy atom. The van der Waals surface area contributed by atoms with Gasteiger partial charge in [-0.2, -0.15) is 0 Å². The molecule has 8 heteroatoms. The van der Waals surface area contributed by atoms with Crippen LogP contribution in [-0.4, -0.2) is 50.5 Å². The molecule has 0 unspecified atom stereocenters. The van der Waals surface area contributed by atoms with Gasteiger partial charge in [-0.1, -0.05) is 39.5 Å². The van der Waals surface area contributed by atoms with E-state index in [1.54, 1.807) is 6.07 Å². The van der Waals surface area contributed by atoms with Gasteiger partial charge in [0.05, 0.1) is 10.9 Å². The van der Waals surface area contributed by atoms with Gasteiger partial charge in [0.25, 0.3) is 11.5 Å². The van der Waals surface area contributed by atoms with Crippen LogP contribution < -0.4 is 16.6 Å². The zero-order chi connectivity index (χ0) is 23.6. The summed E-state index contributed by atoms with van der Waals surface area (Å²) in [6.07, 6.45) is 9.52. The lowest BCUT2D eigenvalue weighted by molar-refractivity contribution is 0.0327.